The van der Waals surface area contributed by atoms with Crippen LogP contribution in [0, 0.1) is 12.7 Å². The number of aryl methyl sites for hydroxylation is 1. The Balaban J connectivity index is 1.56. The molecule has 0 atom stereocenters. The van der Waals surface area contributed by atoms with E-state index in [4.69, 9.17) is 14.2 Å². The van der Waals surface area contributed by atoms with E-state index < -0.39 is 27.5 Å². The van der Waals surface area contributed by atoms with E-state index in [0.29, 0.717) is 37.5 Å². The van der Waals surface area contributed by atoms with Crippen molar-refractivity contribution < 1.29 is 31.8 Å². The lowest BCUT2D eigenvalue weighted by atomic mass is 10.1. The Kier molecular flexibility index (Phi) is 6.22. The third-order valence-electron chi connectivity index (χ3n) is 5.72. The quantitative estimate of drug-likeness (QED) is 0.731. The maximum atomic E-state index is 14.5. The molecule has 32 heavy (non-hydrogen) atoms. The number of hydrogen-bond acceptors (Lipinski definition) is 6. The van der Waals surface area contributed by atoms with Crippen LogP contribution in [0.25, 0.3) is 0 Å². The molecule has 1 amide bonds. The molecular formula is C22H25FN2O6S. The molecule has 0 saturated carbocycles. The monoisotopic (exact) mass is 464 g/mol. The number of nitrogens with one attached hydrogen (secondary N) is 1. The van der Waals surface area contributed by atoms with Gasteiger partial charge >= 0.3 is 0 Å². The summed E-state index contributed by atoms with van der Waals surface area (Å²) in [4.78, 5) is 12.6. The fraction of sp³-hybridized carbons (Fsp3) is 0.409. The number of carbonyl (C=O) groups excluding carboxylic acids is 1. The summed E-state index contributed by atoms with van der Waals surface area (Å²) in [6, 6.07) is 8.41. The van der Waals surface area contributed by atoms with Gasteiger partial charge in [0, 0.05) is 25.9 Å². The van der Waals surface area contributed by atoms with Crippen LogP contribution in [0.1, 0.15) is 28.8 Å². The lowest BCUT2D eigenvalue weighted by molar-refractivity contribution is -0.179. The summed E-state index contributed by atoms with van der Waals surface area (Å²) in [6.07, 6.45) is 0.821. The van der Waals surface area contributed by atoms with E-state index in [-0.39, 0.29) is 23.5 Å². The second kappa shape index (κ2) is 8.78. The highest BCUT2D eigenvalue weighted by molar-refractivity contribution is 7.89. The molecule has 4 rings (SSSR count). The minimum atomic E-state index is -3.92. The Hall–Kier alpha value is -2.53. The zero-order valence-corrected chi connectivity index (χ0v) is 18.7. The van der Waals surface area contributed by atoms with Crippen molar-refractivity contribution in [3.05, 3.63) is 53.3 Å². The molecule has 2 aliphatic rings. The number of methoxy groups -OCH3 is 1. The summed E-state index contributed by atoms with van der Waals surface area (Å²) in [6.45, 7) is 3.25. The van der Waals surface area contributed by atoms with Gasteiger partial charge in [0.15, 0.2) is 5.79 Å². The van der Waals surface area contributed by atoms with Crippen molar-refractivity contribution in [2.24, 2.45) is 0 Å². The smallest absolute Gasteiger partial charge is 0.258 e. The van der Waals surface area contributed by atoms with Gasteiger partial charge in [0.05, 0.1) is 36.5 Å². The largest absolute Gasteiger partial charge is 0.495 e. The number of benzene rings is 2. The molecule has 172 valence electrons. The number of amides is 1. The molecule has 8 nitrogen and oxygen atoms in total. The predicted molar refractivity (Wildman–Crippen MR) is 115 cm³/mol. The van der Waals surface area contributed by atoms with Crippen LogP contribution in [-0.4, -0.2) is 57.8 Å². The summed E-state index contributed by atoms with van der Waals surface area (Å²) in [5.41, 5.74) is 0.865. The molecule has 10 heteroatoms. The van der Waals surface area contributed by atoms with Gasteiger partial charge in [-0.25, -0.2) is 12.8 Å². The van der Waals surface area contributed by atoms with Gasteiger partial charge in [-0.1, -0.05) is 6.07 Å². The normalized spacial score (nSPS) is 18.6. The molecule has 2 fully saturated rings. The maximum absolute atomic E-state index is 14.5. The number of nitrogens with zero attached hydrogens (tertiary/aromatic N) is 1. The summed E-state index contributed by atoms with van der Waals surface area (Å²) < 4.78 is 58.6. The molecule has 2 aromatic carbocycles. The van der Waals surface area contributed by atoms with Crippen LogP contribution in [0.5, 0.6) is 5.75 Å². The highest BCUT2D eigenvalue weighted by atomic mass is 32.2. The zero-order chi connectivity index (χ0) is 22.9. The first-order chi connectivity index (χ1) is 15.2. The molecule has 1 spiro atoms. The number of hydrogen-bond donors (Lipinski definition) is 1. The Bertz CT molecular complexity index is 1120. The van der Waals surface area contributed by atoms with Crippen LogP contribution in [0.2, 0.25) is 0 Å². The molecule has 2 heterocycles. The van der Waals surface area contributed by atoms with Crippen LogP contribution in [0.15, 0.2) is 41.3 Å². The fourth-order valence-electron chi connectivity index (χ4n) is 3.95. The average Bonchev–Trinajstić information content (AvgIpc) is 3.22. The van der Waals surface area contributed by atoms with Gasteiger partial charge in [-0.15, -0.1) is 0 Å². The molecule has 2 aromatic rings. The Morgan fingerprint density at radius 1 is 1.12 bits per heavy atom. The summed E-state index contributed by atoms with van der Waals surface area (Å²) >= 11 is 0. The molecule has 0 aromatic heterocycles. The number of carbonyl (C=O) groups is 1. The van der Waals surface area contributed by atoms with E-state index in [0.717, 1.165) is 17.7 Å². The number of anilines is 1. The standard InChI is InChI=1S/C22H25FN2O6S/c1-15-3-6-20(29-2)19(13-15)24-21(26)17-14-16(4-5-18(17)23)32(27,28)25-9-7-22(8-10-25)30-11-12-31-22/h3-6,13-14H,7-12H2,1-2H3,(H,24,26). The van der Waals surface area contributed by atoms with Crippen molar-refractivity contribution >= 4 is 21.6 Å². The minimum Gasteiger partial charge on any atom is -0.495 e. The lowest BCUT2D eigenvalue weighted by Crippen LogP contribution is -2.47. The first-order valence-corrected chi connectivity index (χ1v) is 11.7. The topological polar surface area (TPSA) is 94.2 Å². The third-order valence-corrected chi connectivity index (χ3v) is 7.62. The molecular weight excluding hydrogens is 439 g/mol. The second-order valence-electron chi connectivity index (χ2n) is 7.81. The van der Waals surface area contributed by atoms with E-state index in [9.17, 15) is 17.6 Å². The van der Waals surface area contributed by atoms with Gasteiger partial charge in [0.2, 0.25) is 10.0 Å². The molecule has 0 bridgehead atoms. The van der Waals surface area contributed by atoms with Crippen molar-refractivity contribution in [2.45, 2.75) is 30.4 Å². The van der Waals surface area contributed by atoms with Crippen molar-refractivity contribution in [1.82, 2.24) is 4.31 Å². The lowest BCUT2D eigenvalue weighted by Gasteiger charge is -2.36. The van der Waals surface area contributed by atoms with Gasteiger partial charge in [0.1, 0.15) is 11.6 Å². The molecule has 2 saturated heterocycles. The maximum Gasteiger partial charge on any atom is 0.258 e. The molecule has 0 radical (unpaired) electrons. The second-order valence-corrected chi connectivity index (χ2v) is 9.75. The number of sulfonamides is 1. The van der Waals surface area contributed by atoms with E-state index in [2.05, 4.69) is 5.32 Å². The Morgan fingerprint density at radius 3 is 2.47 bits per heavy atom. The van der Waals surface area contributed by atoms with E-state index >= 15 is 0 Å². The number of rotatable bonds is 5. The first-order valence-electron chi connectivity index (χ1n) is 10.3. The van der Waals surface area contributed by atoms with Crippen molar-refractivity contribution in [3.63, 3.8) is 0 Å². The molecule has 0 aliphatic carbocycles. The molecule has 0 unspecified atom stereocenters. The number of piperidine rings is 1. The highest BCUT2D eigenvalue weighted by Gasteiger charge is 2.42. The van der Waals surface area contributed by atoms with Gasteiger partial charge in [-0.05, 0) is 42.8 Å². The van der Waals surface area contributed by atoms with Crippen molar-refractivity contribution in [3.8, 4) is 5.75 Å². The van der Waals surface area contributed by atoms with Gasteiger partial charge in [0.25, 0.3) is 5.91 Å². The fourth-order valence-corrected chi connectivity index (χ4v) is 5.42. The highest BCUT2D eigenvalue weighted by Crippen LogP contribution is 2.34. The van der Waals surface area contributed by atoms with Gasteiger partial charge in [-0.3, -0.25) is 4.79 Å². The summed E-state index contributed by atoms with van der Waals surface area (Å²) in [5.74, 6) is -1.90. The van der Waals surface area contributed by atoms with Crippen LogP contribution < -0.4 is 10.1 Å². The van der Waals surface area contributed by atoms with Crippen LogP contribution in [-0.2, 0) is 19.5 Å². The SMILES string of the molecule is COc1ccc(C)cc1NC(=O)c1cc(S(=O)(=O)N2CCC3(CC2)OCCO3)ccc1F. The first kappa shape index (κ1) is 22.7. The van der Waals surface area contributed by atoms with Crippen LogP contribution >= 0.6 is 0 Å². The van der Waals surface area contributed by atoms with Gasteiger partial charge < -0.3 is 19.5 Å². The van der Waals surface area contributed by atoms with E-state index in [1.165, 1.54) is 17.5 Å². The van der Waals surface area contributed by atoms with Crippen molar-refractivity contribution in [1.29, 1.82) is 0 Å². The van der Waals surface area contributed by atoms with Gasteiger partial charge in [-0.2, -0.15) is 4.31 Å². The van der Waals surface area contributed by atoms with Crippen LogP contribution in [0.3, 0.4) is 0 Å². The summed E-state index contributed by atoms with van der Waals surface area (Å²) in [7, 11) is -2.47. The number of halogens is 1. The van der Waals surface area contributed by atoms with E-state index in [1.807, 2.05) is 13.0 Å². The van der Waals surface area contributed by atoms with Crippen molar-refractivity contribution in [2.75, 3.05) is 38.7 Å². The predicted octanol–water partition coefficient (Wildman–Crippen LogP) is 2.92. The Morgan fingerprint density at radius 2 is 1.81 bits per heavy atom. The zero-order valence-electron chi connectivity index (χ0n) is 17.9. The molecule has 2 aliphatic heterocycles. The number of ether oxygens (including phenoxy) is 3. The van der Waals surface area contributed by atoms with Crippen LogP contribution in [0.4, 0.5) is 10.1 Å². The third kappa shape index (κ3) is 4.36. The minimum absolute atomic E-state index is 0.149. The average molecular weight is 465 g/mol. The van der Waals surface area contributed by atoms with E-state index in [1.54, 1.807) is 12.1 Å². The summed E-state index contributed by atoms with van der Waals surface area (Å²) in [5, 5.41) is 2.61. The Labute approximate surface area is 186 Å². The molecule has 1 N–H and O–H groups in total.